The SMILES string of the molecule is CN1CCN(NC(=O)[C@H]2[C@H](C(=O)O)[C@H]3C=C[C@H]2O3)CC1. The van der Waals surface area contributed by atoms with E-state index < -0.39 is 30.0 Å². The minimum Gasteiger partial charge on any atom is -0.481 e. The van der Waals surface area contributed by atoms with E-state index in [0.717, 1.165) is 26.2 Å². The Morgan fingerprint density at radius 2 is 1.75 bits per heavy atom. The highest BCUT2D eigenvalue weighted by atomic mass is 16.5. The van der Waals surface area contributed by atoms with Gasteiger partial charge in [0.1, 0.15) is 5.92 Å². The quantitative estimate of drug-likeness (QED) is 0.640. The Hall–Kier alpha value is -1.44. The molecule has 0 radical (unpaired) electrons. The third-order valence-corrected chi connectivity index (χ3v) is 4.26. The van der Waals surface area contributed by atoms with Crippen LogP contribution in [0.2, 0.25) is 0 Å². The number of hydrogen-bond donors (Lipinski definition) is 2. The molecule has 2 N–H and O–H groups in total. The minimum atomic E-state index is -0.972. The zero-order chi connectivity index (χ0) is 14.3. The van der Waals surface area contributed by atoms with Crippen molar-refractivity contribution in [2.24, 2.45) is 11.8 Å². The van der Waals surface area contributed by atoms with Crippen LogP contribution in [0.5, 0.6) is 0 Å². The average Bonchev–Trinajstić information content (AvgIpc) is 3.01. The van der Waals surface area contributed by atoms with Gasteiger partial charge in [-0.15, -0.1) is 0 Å². The molecule has 0 unspecified atom stereocenters. The first-order valence-electron chi connectivity index (χ1n) is 6.87. The van der Waals surface area contributed by atoms with Gasteiger partial charge >= 0.3 is 5.97 Å². The highest BCUT2D eigenvalue weighted by molar-refractivity contribution is 5.87. The van der Waals surface area contributed by atoms with Gasteiger partial charge in [-0.25, -0.2) is 5.01 Å². The van der Waals surface area contributed by atoms with Crippen LogP contribution in [0.1, 0.15) is 0 Å². The van der Waals surface area contributed by atoms with E-state index in [0.29, 0.717) is 0 Å². The lowest BCUT2D eigenvalue weighted by molar-refractivity contribution is -0.148. The summed E-state index contributed by atoms with van der Waals surface area (Å²) in [4.78, 5) is 25.9. The number of hydrogen-bond acceptors (Lipinski definition) is 5. The highest BCUT2D eigenvalue weighted by Gasteiger charge is 2.53. The molecule has 0 saturated carbocycles. The van der Waals surface area contributed by atoms with Crippen molar-refractivity contribution < 1.29 is 19.4 Å². The Labute approximate surface area is 117 Å². The molecule has 2 saturated heterocycles. The normalized spacial score (nSPS) is 37.2. The van der Waals surface area contributed by atoms with Crippen molar-refractivity contribution in [3.05, 3.63) is 12.2 Å². The maximum atomic E-state index is 12.4. The molecule has 7 heteroatoms. The molecular weight excluding hydrogens is 262 g/mol. The van der Waals surface area contributed by atoms with E-state index in [2.05, 4.69) is 10.3 Å². The number of hydrazine groups is 1. The Bertz CT molecular complexity index is 445. The summed E-state index contributed by atoms with van der Waals surface area (Å²) in [5.74, 6) is -2.64. The molecule has 3 heterocycles. The number of piperazine rings is 1. The van der Waals surface area contributed by atoms with E-state index in [1.165, 1.54) is 0 Å². The third kappa shape index (κ3) is 2.32. The number of aliphatic carboxylic acids is 1. The number of carboxylic acids is 1. The van der Waals surface area contributed by atoms with Crippen LogP contribution in [-0.4, -0.2) is 72.3 Å². The second-order valence-corrected chi connectivity index (χ2v) is 5.61. The Balaban J connectivity index is 1.64. The predicted octanol–water partition coefficient (Wildman–Crippen LogP) is -1.08. The molecule has 2 fully saturated rings. The topological polar surface area (TPSA) is 82.1 Å². The average molecular weight is 281 g/mol. The monoisotopic (exact) mass is 281 g/mol. The van der Waals surface area contributed by atoms with Crippen LogP contribution in [0.25, 0.3) is 0 Å². The molecule has 0 aromatic heterocycles. The Morgan fingerprint density at radius 3 is 2.35 bits per heavy atom. The number of carbonyl (C=O) groups is 2. The number of amides is 1. The zero-order valence-electron chi connectivity index (χ0n) is 11.4. The summed E-state index contributed by atoms with van der Waals surface area (Å²) in [6.45, 7) is 3.26. The van der Waals surface area contributed by atoms with Crippen LogP contribution >= 0.6 is 0 Å². The van der Waals surface area contributed by atoms with E-state index in [4.69, 9.17) is 4.74 Å². The summed E-state index contributed by atoms with van der Waals surface area (Å²) in [5.41, 5.74) is 2.84. The first-order valence-corrected chi connectivity index (χ1v) is 6.87. The third-order valence-electron chi connectivity index (χ3n) is 4.26. The van der Waals surface area contributed by atoms with Crippen molar-refractivity contribution >= 4 is 11.9 Å². The summed E-state index contributed by atoms with van der Waals surface area (Å²) in [6.07, 6.45) is 2.65. The second-order valence-electron chi connectivity index (χ2n) is 5.61. The van der Waals surface area contributed by atoms with E-state index in [9.17, 15) is 14.7 Å². The number of fused-ring (bicyclic) bond motifs is 2. The van der Waals surface area contributed by atoms with Crippen LogP contribution in [0.4, 0.5) is 0 Å². The van der Waals surface area contributed by atoms with Crippen molar-refractivity contribution in [2.75, 3.05) is 33.2 Å². The van der Waals surface area contributed by atoms with Crippen molar-refractivity contribution in [2.45, 2.75) is 12.2 Å². The number of carboxylic acid groups (broad SMARTS) is 1. The largest absolute Gasteiger partial charge is 0.481 e. The molecule has 3 aliphatic heterocycles. The van der Waals surface area contributed by atoms with E-state index in [-0.39, 0.29) is 5.91 Å². The molecule has 0 aliphatic carbocycles. The molecule has 0 aromatic rings. The first-order chi connectivity index (χ1) is 9.56. The fourth-order valence-corrected chi connectivity index (χ4v) is 3.06. The molecule has 4 atom stereocenters. The summed E-state index contributed by atoms with van der Waals surface area (Å²) in [5, 5.41) is 11.1. The summed E-state index contributed by atoms with van der Waals surface area (Å²) in [7, 11) is 2.04. The molecular formula is C13H19N3O4. The van der Waals surface area contributed by atoms with Gasteiger partial charge in [0, 0.05) is 26.2 Å². The van der Waals surface area contributed by atoms with Gasteiger partial charge in [0.05, 0.1) is 18.1 Å². The van der Waals surface area contributed by atoms with Crippen LogP contribution in [-0.2, 0) is 14.3 Å². The van der Waals surface area contributed by atoms with E-state index >= 15 is 0 Å². The zero-order valence-corrected chi connectivity index (χ0v) is 11.4. The van der Waals surface area contributed by atoms with Crippen molar-refractivity contribution in [1.82, 2.24) is 15.3 Å². The molecule has 3 aliphatic rings. The lowest BCUT2D eigenvalue weighted by Gasteiger charge is -2.33. The van der Waals surface area contributed by atoms with Crippen LogP contribution in [0.3, 0.4) is 0 Å². The number of ether oxygens (including phenoxy) is 1. The minimum absolute atomic E-state index is 0.251. The standard InChI is InChI=1S/C13H19N3O4/c1-15-4-6-16(7-5-15)14-12(17)10-8-2-3-9(20-8)11(10)13(18)19/h2-3,8-11H,4-7H2,1H3,(H,14,17)(H,18,19)/t8-,9-,10-,11-/m1/s1. The van der Waals surface area contributed by atoms with E-state index in [1.807, 2.05) is 12.1 Å². The maximum Gasteiger partial charge on any atom is 0.310 e. The van der Waals surface area contributed by atoms with Crippen molar-refractivity contribution in [3.8, 4) is 0 Å². The Kier molecular flexibility index (Phi) is 3.49. The van der Waals surface area contributed by atoms with Gasteiger partial charge in [0.15, 0.2) is 0 Å². The molecule has 3 rings (SSSR count). The number of likely N-dealkylation sites (N-methyl/N-ethyl adjacent to an activating group) is 1. The Morgan fingerprint density at radius 1 is 1.15 bits per heavy atom. The van der Waals surface area contributed by atoms with Crippen LogP contribution < -0.4 is 5.43 Å². The first kappa shape index (κ1) is 13.5. The number of nitrogens with zero attached hydrogens (tertiary/aromatic N) is 2. The molecule has 20 heavy (non-hydrogen) atoms. The van der Waals surface area contributed by atoms with Gasteiger partial charge in [-0.3, -0.25) is 15.0 Å². The maximum absolute atomic E-state index is 12.4. The molecule has 7 nitrogen and oxygen atoms in total. The number of rotatable bonds is 3. The molecule has 1 amide bonds. The van der Waals surface area contributed by atoms with E-state index in [1.54, 1.807) is 12.2 Å². The number of carbonyl (C=O) groups excluding carboxylic acids is 1. The fraction of sp³-hybridized carbons (Fsp3) is 0.692. The molecule has 0 aromatic carbocycles. The van der Waals surface area contributed by atoms with Gasteiger partial charge in [-0.05, 0) is 7.05 Å². The van der Waals surface area contributed by atoms with Gasteiger partial charge in [-0.2, -0.15) is 0 Å². The molecule has 110 valence electrons. The lowest BCUT2D eigenvalue weighted by atomic mass is 9.82. The predicted molar refractivity (Wildman–Crippen MR) is 69.6 cm³/mol. The summed E-state index contributed by atoms with van der Waals surface area (Å²) in [6, 6.07) is 0. The molecule has 0 spiro atoms. The van der Waals surface area contributed by atoms with Gasteiger partial charge in [0.25, 0.3) is 0 Å². The lowest BCUT2D eigenvalue weighted by Crippen LogP contribution is -2.55. The van der Waals surface area contributed by atoms with Crippen LogP contribution in [0, 0.1) is 11.8 Å². The van der Waals surface area contributed by atoms with Gasteiger partial charge in [0.2, 0.25) is 5.91 Å². The summed E-state index contributed by atoms with van der Waals surface area (Å²) >= 11 is 0. The summed E-state index contributed by atoms with van der Waals surface area (Å²) < 4.78 is 5.51. The number of nitrogens with one attached hydrogen (secondary N) is 1. The van der Waals surface area contributed by atoms with Crippen LogP contribution in [0.15, 0.2) is 12.2 Å². The fourth-order valence-electron chi connectivity index (χ4n) is 3.06. The van der Waals surface area contributed by atoms with Gasteiger partial charge in [-0.1, -0.05) is 12.2 Å². The van der Waals surface area contributed by atoms with Crippen molar-refractivity contribution in [3.63, 3.8) is 0 Å². The van der Waals surface area contributed by atoms with Gasteiger partial charge < -0.3 is 14.7 Å². The highest BCUT2D eigenvalue weighted by Crippen LogP contribution is 2.39. The van der Waals surface area contributed by atoms with Crippen molar-refractivity contribution in [1.29, 1.82) is 0 Å². The second kappa shape index (κ2) is 5.16. The smallest absolute Gasteiger partial charge is 0.310 e. The molecule has 2 bridgehead atoms.